The summed E-state index contributed by atoms with van der Waals surface area (Å²) in [6, 6.07) is 2.50. The largest absolute Gasteiger partial charge is 0.491 e. The first kappa shape index (κ1) is 14.5. The number of methoxy groups -OCH3 is 1. The minimum absolute atomic E-state index is 0.00291. The number of carbonyl (C=O) groups is 1. The van der Waals surface area contributed by atoms with Crippen LogP contribution in [-0.4, -0.2) is 24.7 Å². The molecule has 0 unspecified atom stereocenters. The van der Waals surface area contributed by atoms with Gasteiger partial charge in [-0.1, -0.05) is 5.11 Å². The lowest BCUT2D eigenvalue weighted by Gasteiger charge is -2.10. The van der Waals surface area contributed by atoms with Crippen LogP contribution in [0.1, 0.15) is 17.3 Å². The molecule has 21 heavy (non-hydrogen) atoms. The van der Waals surface area contributed by atoms with Crippen LogP contribution in [0.4, 0.5) is 10.1 Å². The zero-order valence-electron chi connectivity index (χ0n) is 11.3. The van der Waals surface area contributed by atoms with Crippen molar-refractivity contribution in [2.75, 3.05) is 13.7 Å². The first-order valence-electron chi connectivity index (χ1n) is 6.00. The molecule has 0 saturated heterocycles. The fourth-order valence-electron chi connectivity index (χ4n) is 1.86. The summed E-state index contributed by atoms with van der Waals surface area (Å²) in [7, 11) is 1.20. The van der Waals surface area contributed by atoms with Gasteiger partial charge in [-0.3, -0.25) is 4.98 Å². The highest BCUT2D eigenvalue weighted by Gasteiger charge is 2.17. The van der Waals surface area contributed by atoms with Crippen LogP contribution in [0.5, 0.6) is 5.75 Å². The number of halogens is 1. The monoisotopic (exact) mass is 290 g/mol. The van der Waals surface area contributed by atoms with Crippen molar-refractivity contribution in [3.05, 3.63) is 40.2 Å². The van der Waals surface area contributed by atoms with E-state index in [4.69, 9.17) is 10.3 Å². The normalized spacial score (nSPS) is 10.0. The van der Waals surface area contributed by atoms with Crippen LogP contribution in [0.25, 0.3) is 21.3 Å². The van der Waals surface area contributed by atoms with E-state index in [9.17, 15) is 9.18 Å². The molecule has 0 radical (unpaired) electrons. The van der Waals surface area contributed by atoms with E-state index in [1.165, 1.54) is 19.4 Å². The van der Waals surface area contributed by atoms with Gasteiger partial charge in [-0.2, -0.15) is 0 Å². The van der Waals surface area contributed by atoms with E-state index in [0.717, 1.165) is 6.07 Å². The van der Waals surface area contributed by atoms with E-state index < -0.39 is 11.8 Å². The van der Waals surface area contributed by atoms with Gasteiger partial charge in [-0.15, -0.1) is 0 Å². The molecule has 2 rings (SSSR count). The van der Waals surface area contributed by atoms with Crippen LogP contribution >= 0.6 is 0 Å². The van der Waals surface area contributed by atoms with E-state index in [1.54, 1.807) is 6.92 Å². The summed E-state index contributed by atoms with van der Waals surface area (Å²) in [4.78, 5) is 18.3. The maximum absolute atomic E-state index is 13.8. The van der Waals surface area contributed by atoms with Gasteiger partial charge >= 0.3 is 5.97 Å². The minimum atomic E-state index is -0.700. The van der Waals surface area contributed by atoms with Crippen LogP contribution in [0.3, 0.4) is 0 Å². The molecule has 0 spiro atoms. The van der Waals surface area contributed by atoms with Crippen LogP contribution in [0, 0.1) is 5.82 Å². The first-order chi connectivity index (χ1) is 10.1. The van der Waals surface area contributed by atoms with Gasteiger partial charge in [0.05, 0.1) is 30.5 Å². The molecule has 1 heterocycles. The number of aromatic nitrogens is 1. The third-order valence-corrected chi connectivity index (χ3v) is 2.74. The maximum Gasteiger partial charge on any atom is 0.339 e. The van der Waals surface area contributed by atoms with E-state index in [1.807, 2.05) is 0 Å². The summed E-state index contributed by atoms with van der Waals surface area (Å²) in [5, 5.41) is 3.80. The van der Waals surface area contributed by atoms with Crippen molar-refractivity contribution in [3.8, 4) is 5.75 Å². The van der Waals surface area contributed by atoms with Gasteiger partial charge in [0, 0.05) is 22.6 Å². The van der Waals surface area contributed by atoms with Gasteiger partial charge in [0.25, 0.3) is 0 Å². The Kier molecular flexibility index (Phi) is 4.20. The van der Waals surface area contributed by atoms with Crippen molar-refractivity contribution < 1.29 is 18.7 Å². The van der Waals surface area contributed by atoms with Crippen LogP contribution in [-0.2, 0) is 4.74 Å². The van der Waals surface area contributed by atoms with Crippen molar-refractivity contribution in [2.24, 2.45) is 5.11 Å². The maximum atomic E-state index is 13.8. The number of esters is 1. The number of azide groups is 1. The summed E-state index contributed by atoms with van der Waals surface area (Å²) < 4.78 is 23.5. The summed E-state index contributed by atoms with van der Waals surface area (Å²) in [5.74, 6) is -1.30. The van der Waals surface area contributed by atoms with Gasteiger partial charge < -0.3 is 9.47 Å². The second kappa shape index (κ2) is 6.06. The molecule has 0 atom stereocenters. The number of rotatable bonds is 4. The first-order valence-corrected chi connectivity index (χ1v) is 6.00. The smallest absolute Gasteiger partial charge is 0.339 e. The SMILES string of the molecule is CCOc1cc2c(N=[N+]=[N-])c(C(=O)OC)cnc2cc1F. The number of carbonyl (C=O) groups excluding carboxylic acids is 1. The van der Waals surface area contributed by atoms with Crippen molar-refractivity contribution >= 4 is 22.6 Å². The summed E-state index contributed by atoms with van der Waals surface area (Å²) in [5.41, 5.74) is 8.93. The summed E-state index contributed by atoms with van der Waals surface area (Å²) in [6.45, 7) is 1.98. The highest BCUT2D eigenvalue weighted by molar-refractivity contribution is 6.03. The van der Waals surface area contributed by atoms with E-state index >= 15 is 0 Å². The van der Waals surface area contributed by atoms with Gasteiger partial charge in [-0.25, -0.2) is 9.18 Å². The molecule has 0 aliphatic rings. The Morgan fingerprint density at radius 1 is 1.52 bits per heavy atom. The highest BCUT2D eigenvalue weighted by atomic mass is 19.1. The molecule has 0 aliphatic heterocycles. The molecule has 0 bridgehead atoms. The Balaban J connectivity index is 2.80. The predicted molar refractivity (Wildman–Crippen MR) is 73.0 cm³/mol. The van der Waals surface area contributed by atoms with E-state index in [2.05, 4.69) is 19.7 Å². The average Bonchev–Trinajstić information content (AvgIpc) is 2.48. The van der Waals surface area contributed by atoms with Crippen molar-refractivity contribution in [3.63, 3.8) is 0 Å². The van der Waals surface area contributed by atoms with Gasteiger partial charge in [0.15, 0.2) is 11.6 Å². The molecular weight excluding hydrogens is 279 g/mol. The number of hydrogen-bond acceptors (Lipinski definition) is 5. The van der Waals surface area contributed by atoms with Crippen molar-refractivity contribution in [1.82, 2.24) is 4.98 Å². The van der Waals surface area contributed by atoms with Crippen LogP contribution in [0.15, 0.2) is 23.4 Å². The van der Waals surface area contributed by atoms with Crippen molar-refractivity contribution in [1.29, 1.82) is 0 Å². The third-order valence-electron chi connectivity index (χ3n) is 2.74. The Hall–Kier alpha value is -2.86. The highest BCUT2D eigenvalue weighted by Crippen LogP contribution is 2.33. The molecule has 8 heteroatoms. The summed E-state index contributed by atoms with van der Waals surface area (Å²) in [6.07, 6.45) is 1.18. The zero-order valence-corrected chi connectivity index (χ0v) is 11.3. The molecule has 1 aromatic heterocycles. The van der Waals surface area contributed by atoms with Gasteiger partial charge in [0.1, 0.15) is 0 Å². The predicted octanol–water partition coefficient (Wildman–Crippen LogP) is 3.50. The lowest BCUT2D eigenvalue weighted by atomic mass is 10.1. The van der Waals surface area contributed by atoms with E-state index in [-0.39, 0.29) is 29.1 Å². The number of pyridine rings is 1. The van der Waals surface area contributed by atoms with Crippen LogP contribution in [0.2, 0.25) is 0 Å². The molecule has 0 fully saturated rings. The molecule has 0 saturated carbocycles. The summed E-state index contributed by atoms with van der Waals surface area (Å²) >= 11 is 0. The minimum Gasteiger partial charge on any atom is -0.491 e. The fraction of sp³-hybridized carbons (Fsp3) is 0.231. The molecule has 0 amide bonds. The quantitative estimate of drug-likeness (QED) is 0.372. The second-order valence-electron chi connectivity index (χ2n) is 3.93. The molecule has 108 valence electrons. The number of ether oxygens (including phenoxy) is 2. The average molecular weight is 290 g/mol. The Bertz CT molecular complexity index is 757. The lowest BCUT2D eigenvalue weighted by molar-refractivity contribution is 0.0601. The fourth-order valence-corrected chi connectivity index (χ4v) is 1.86. The van der Waals surface area contributed by atoms with E-state index in [0.29, 0.717) is 5.39 Å². The topological polar surface area (TPSA) is 97.2 Å². The standard InChI is InChI=1S/C13H11FN4O3/c1-3-21-11-4-7-10(5-9(11)14)16-6-8(13(19)20-2)12(7)17-18-15/h4-6H,3H2,1-2H3. The molecule has 0 N–H and O–H groups in total. The Morgan fingerprint density at radius 2 is 2.29 bits per heavy atom. The molecule has 1 aromatic carbocycles. The molecular formula is C13H11FN4O3. The molecule has 0 aliphatic carbocycles. The van der Waals surface area contributed by atoms with Gasteiger partial charge in [0.2, 0.25) is 0 Å². The lowest BCUT2D eigenvalue weighted by Crippen LogP contribution is -2.03. The van der Waals surface area contributed by atoms with Crippen molar-refractivity contribution in [2.45, 2.75) is 6.92 Å². The number of nitrogens with zero attached hydrogens (tertiary/aromatic N) is 4. The Morgan fingerprint density at radius 3 is 2.90 bits per heavy atom. The zero-order chi connectivity index (χ0) is 15.4. The molecule has 2 aromatic rings. The van der Waals surface area contributed by atoms with Gasteiger partial charge in [-0.05, 0) is 18.5 Å². The molecule has 7 nitrogen and oxygen atoms in total. The van der Waals surface area contributed by atoms with Crippen LogP contribution < -0.4 is 4.74 Å². The number of benzene rings is 1. The Labute approximate surface area is 118 Å². The number of fused-ring (bicyclic) bond motifs is 1. The third kappa shape index (κ3) is 2.70. The second-order valence-corrected chi connectivity index (χ2v) is 3.93. The number of hydrogen-bond donors (Lipinski definition) is 0.